The Morgan fingerprint density at radius 1 is 1.07 bits per heavy atom. The van der Waals surface area contributed by atoms with Gasteiger partial charge in [-0.05, 0) is 59.0 Å². The van der Waals surface area contributed by atoms with Crippen molar-refractivity contribution in [1.29, 1.82) is 0 Å². The van der Waals surface area contributed by atoms with Crippen LogP contribution in [0.25, 0.3) is 5.69 Å². The van der Waals surface area contributed by atoms with Gasteiger partial charge < -0.3 is 10.1 Å². The SMILES string of the molecule is O=C(COC(=O)c1ccc(-n2cnnn2)cc1)NCCCSc1ccccc1. The van der Waals surface area contributed by atoms with E-state index in [0.29, 0.717) is 17.8 Å². The first-order valence-electron chi connectivity index (χ1n) is 8.67. The van der Waals surface area contributed by atoms with E-state index >= 15 is 0 Å². The molecule has 1 heterocycles. The van der Waals surface area contributed by atoms with E-state index in [1.807, 2.05) is 18.2 Å². The molecule has 0 aliphatic rings. The number of esters is 1. The van der Waals surface area contributed by atoms with Gasteiger partial charge in [0, 0.05) is 11.4 Å². The number of thioether (sulfide) groups is 1. The Hall–Kier alpha value is -3.20. The minimum absolute atomic E-state index is 0.306. The molecule has 1 amide bonds. The monoisotopic (exact) mass is 397 g/mol. The van der Waals surface area contributed by atoms with Crippen LogP contribution in [0.5, 0.6) is 0 Å². The standard InChI is InChI=1S/C19H19N5O3S/c25-18(20-11-4-12-28-17-5-2-1-3-6-17)13-27-19(26)15-7-9-16(10-8-15)24-14-21-22-23-24/h1-3,5-10,14H,4,11-13H2,(H,20,25). The third kappa shape index (κ3) is 5.92. The fourth-order valence-corrected chi connectivity index (χ4v) is 3.18. The second kappa shape index (κ2) is 10.2. The van der Waals surface area contributed by atoms with Gasteiger partial charge in [0.2, 0.25) is 0 Å². The van der Waals surface area contributed by atoms with Gasteiger partial charge in [-0.15, -0.1) is 16.9 Å². The number of ether oxygens (including phenoxy) is 1. The summed E-state index contributed by atoms with van der Waals surface area (Å²) < 4.78 is 6.51. The van der Waals surface area contributed by atoms with Crippen molar-refractivity contribution in [2.24, 2.45) is 0 Å². The zero-order chi connectivity index (χ0) is 19.6. The van der Waals surface area contributed by atoms with Crippen molar-refractivity contribution in [1.82, 2.24) is 25.5 Å². The Kier molecular flexibility index (Phi) is 7.14. The third-order valence-electron chi connectivity index (χ3n) is 3.71. The highest BCUT2D eigenvalue weighted by Crippen LogP contribution is 2.17. The number of nitrogens with one attached hydrogen (secondary N) is 1. The summed E-state index contributed by atoms with van der Waals surface area (Å²) in [5, 5.41) is 13.6. The van der Waals surface area contributed by atoms with E-state index < -0.39 is 5.97 Å². The summed E-state index contributed by atoms with van der Waals surface area (Å²) in [6, 6.07) is 16.7. The van der Waals surface area contributed by atoms with Crippen LogP contribution >= 0.6 is 11.8 Å². The summed E-state index contributed by atoms with van der Waals surface area (Å²) in [5.74, 6) is 0.0268. The molecule has 0 fully saturated rings. The highest BCUT2D eigenvalue weighted by Gasteiger charge is 2.10. The van der Waals surface area contributed by atoms with Gasteiger partial charge in [-0.1, -0.05) is 18.2 Å². The predicted octanol–water partition coefficient (Wildman–Crippen LogP) is 2.12. The number of hydrogen-bond donors (Lipinski definition) is 1. The molecule has 9 heteroatoms. The molecule has 8 nitrogen and oxygen atoms in total. The molecule has 3 rings (SSSR count). The molecule has 0 aliphatic carbocycles. The Labute approximate surface area is 166 Å². The van der Waals surface area contributed by atoms with E-state index in [1.165, 1.54) is 15.9 Å². The minimum atomic E-state index is -0.557. The zero-order valence-corrected chi connectivity index (χ0v) is 15.8. The van der Waals surface area contributed by atoms with Crippen molar-refractivity contribution in [2.75, 3.05) is 18.9 Å². The maximum Gasteiger partial charge on any atom is 0.338 e. The van der Waals surface area contributed by atoms with E-state index in [2.05, 4.69) is 33.0 Å². The molecule has 2 aromatic carbocycles. The molecule has 0 bridgehead atoms. The summed E-state index contributed by atoms with van der Waals surface area (Å²) in [7, 11) is 0. The van der Waals surface area contributed by atoms with E-state index in [0.717, 1.165) is 12.2 Å². The summed E-state index contributed by atoms with van der Waals surface area (Å²) in [5.41, 5.74) is 1.07. The number of hydrogen-bond acceptors (Lipinski definition) is 7. The average Bonchev–Trinajstić information content (AvgIpc) is 3.27. The highest BCUT2D eigenvalue weighted by atomic mass is 32.2. The largest absolute Gasteiger partial charge is 0.452 e. The number of nitrogens with zero attached hydrogens (tertiary/aromatic N) is 4. The van der Waals surface area contributed by atoms with Gasteiger partial charge in [-0.2, -0.15) is 0 Å². The van der Waals surface area contributed by atoms with Crippen LogP contribution in [-0.2, 0) is 9.53 Å². The van der Waals surface area contributed by atoms with Crippen LogP contribution in [0.3, 0.4) is 0 Å². The molecule has 0 aliphatic heterocycles. The first-order chi connectivity index (χ1) is 13.7. The molecule has 0 radical (unpaired) electrons. The smallest absolute Gasteiger partial charge is 0.338 e. The van der Waals surface area contributed by atoms with Crippen LogP contribution in [0.15, 0.2) is 65.8 Å². The second-order valence-electron chi connectivity index (χ2n) is 5.74. The number of benzene rings is 2. The molecule has 1 N–H and O–H groups in total. The molecule has 144 valence electrons. The first-order valence-corrected chi connectivity index (χ1v) is 9.66. The van der Waals surface area contributed by atoms with E-state index in [-0.39, 0.29) is 12.5 Å². The lowest BCUT2D eigenvalue weighted by Crippen LogP contribution is -2.29. The Bertz CT molecular complexity index is 886. The fraction of sp³-hybridized carbons (Fsp3) is 0.211. The van der Waals surface area contributed by atoms with Gasteiger partial charge in [0.05, 0.1) is 11.3 Å². The number of carbonyl (C=O) groups is 2. The number of rotatable bonds is 9. The van der Waals surface area contributed by atoms with Crippen LogP contribution < -0.4 is 5.32 Å². The zero-order valence-electron chi connectivity index (χ0n) is 15.0. The predicted molar refractivity (Wildman–Crippen MR) is 104 cm³/mol. The molecule has 0 spiro atoms. The number of carbonyl (C=O) groups excluding carboxylic acids is 2. The molecule has 1 aromatic heterocycles. The van der Waals surface area contributed by atoms with E-state index in [1.54, 1.807) is 36.0 Å². The topological polar surface area (TPSA) is 99.0 Å². The van der Waals surface area contributed by atoms with Crippen molar-refractivity contribution in [3.05, 3.63) is 66.5 Å². The molecule has 0 saturated heterocycles. The maximum absolute atomic E-state index is 12.0. The maximum atomic E-state index is 12.0. The van der Waals surface area contributed by atoms with Crippen LogP contribution in [0.4, 0.5) is 0 Å². The quantitative estimate of drug-likeness (QED) is 0.335. The highest BCUT2D eigenvalue weighted by molar-refractivity contribution is 7.99. The second-order valence-corrected chi connectivity index (χ2v) is 6.91. The lowest BCUT2D eigenvalue weighted by molar-refractivity contribution is -0.124. The van der Waals surface area contributed by atoms with Crippen LogP contribution in [0.2, 0.25) is 0 Å². The number of aromatic nitrogens is 4. The molecule has 0 saturated carbocycles. The van der Waals surface area contributed by atoms with Crippen LogP contribution in [0.1, 0.15) is 16.8 Å². The molecule has 0 unspecified atom stereocenters. The van der Waals surface area contributed by atoms with Gasteiger partial charge in [-0.3, -0.25) is 4.79 Å². The normalized spacial score (nSPS) is 10.4. The Balaban J connectivity index is 1.33. The lowest BCUT2D eigenvalue weighted by atomic mass is 10.2. The first kappa shape index (κ1) is 19.6. The van der Waals surface area contributed by atoms with Crippen LogP contribution in [-0.4, -0.2) is 51.0 Å². The summed E-state index contributed by atoms with van der Waals surface area (Å²) in [4.78, 5) is 25.0. The van der Waals surface area contributed by atoms with Crippen molar-refractivity contribution >= 4 is 23.6 Å². The molecular weight excluding hydrogens is 378 g/mol. The molecule has 0 atom stereocenters. The van der Waals surface area contributed by atoms with Gasteiger partial charge in [0.25, 0.3) is 5.91 Å². The van der Waals surface area contributed by atoms with Crippen molar-refractivity contribution in [3.63, 3.8) is 0 Å². The van der Waals surface area contributed by atoms with Crippen LogP contribution in [0, 0.1) is 0 Å². The average molecular weight is 397 g/mol. The third-order valence-corrected chi connectivity index (χ3v) is 4.80. The molecule has 28 heavy (non-hydrogen) atoms. The molecule has 3 aromatic rings. The van der Waals surface area contributed by atoms with Crippen molar-refractivity contribution in [2.45, 2.75) is 11.3 Å². The van der Waals surface area contributed by atoms with Crippen molar-refractivity contribution in [3.8, 4) is 5.69 Å². The van der Waals surface area contributed by atoms with Crippen molar-refractivity contribution < 1.29 is 14.3 Å². The molecular formula is C19H19N5O3S. The Morgan fingerprint density at radius 2 is 1.86 bits per heavy atom. The minimum Gasteiger partial charge on any atom is -0.452 e. The van der Waals surface area contributed by atoms with Gasteiger partial charge >= 0.3 is 5.97 Å². The van der Waals surface area contributed by atoms with E-state index in [9.17, 15) is 9.59 Å². The van der Waals surface area contributed by atoms with Gasteiger partial charge in [0.15, 0.2) is 6.61 Å². The van der Waals surface area contributed by atoms with Gasteiger partial charge in [-0.25, -0.2) is 9.48 Å². The number of amides is 1. The van der Waals surface area contributed by atoms with Gasteiger partial charge in [0.1, 0.15) is 6.33 Å². The summed E-state index contributed by atoms with van der Waals surface area (Å²) in [6.07, 6.45) is 2.29. The lowest BCUT2D eigenvalue weighted by Gasteiger charge is -2.07. The fourth-order valence-electron chi connectivity index (χ4n) is 2.30. The number of tetrazole rings is 1. The summed E-state index contributed by atoms with van der Waals surface area (Å²) in [6.45, 7) is 0.232. The van der Waals surface area contributed by atoms with E-state index in [4.69, 9.17) is 4.74 Å². The summed E-state index contributed by atoms with van der Waals surface area (Å²) >= 11 is 1.74. The Morgan fingerprint density at radius 3 is 2.57 bits per heavy atom.